The predicted molar refractivity (Wildman–Crippen MR) is 96.3 cm³/mol. The highest BCUT2D eigenvalue weighted by Crippen LogP contribution is 2.34. The Morgan fingerprint density at radius 1 is 1.04 bits per heavy atom. The van der Waals surface area contributed by atoms with E-state index in [-0.39, 0.29) is 27.4 Å². The minimum absolute atomic E-state index is 0.0485. The van der Waals surface area contributed by atoms with E-state index in [1.54, 1.807) is 0 Å². The van der Waals surface area contributed by atoms with Crippen molar-refractivity contribution in [1.82, 2.24) is 5.32 Å². The van der Waals surface area contributed by atoms with E-state index in [2.05, 4.69) is 5.32 Å². The van der Waals surface area contributed by atoms with E-state index in [9.17, 15) is 9.59 Å². The molecule has 5 nitrogen and oxygen atoms in total. The van der Waals surface area contributed by atoms with Gasteiger partial charge in [-0.3, -0.25) is 0 Å². The average molecular weight is 403 g/mol. The fourth-order valence-corrected chi connectivity index (χ4v) is 2.36. The summed E-state index contributed by atoms with van der Waals surface area (Å²) in [6.07, 6.45) is -0.742. The number of rotatable bonds is 5. The molecule has 132 valence electrons. The summed E-state index contributed by atoms with van der Waals surface area (Å²) in [5.74, 6) is -0.677. The number of carbonyl (C=O) groups is 2. The third-order valence-electron chi connectivity index (χ3n) is 3.09. The second-order valence-corrected chi connectivity index (χ2v) is 6.27. The van der Waals surface area contributed by atoms with Crippen LogP contribution >= 0.6 is 34.8 Å². The molecule has 0 aliphatic rings. The Bertz CT molecular complexity index is 768. The molecule has 0 fully saturated rings. The molecule has 0 saturated heterocycles. The summed E-state index contributed by atoms with van der Waals surface area (Å²) in [5.41, 5.74) is 0.829. The van der Waals surface area contributed by atoms with Gasteiger partial charge in [-0.25, -0.2) is 9.59 Å². The van der Waals surface area contributed by atoms with Crippen molar-refractivity contribution in [3.8, 4) is 5.75 Å². The highest BCUT2D eigenvalue weighted by molar-refractivity contribution is 6.43. The van der Waals surface area contributed by atoms with Gasteiger partial charge in [-0.05, 0) is 18.6 Å². The first-order valence-corrected chi connectivity index (χ1v) is 8.33. The monoisotopic (exact) mass is 401 g/mol. The minimum Gasteiger partial charge on any atom is -0.445 e. The van der Waals surface area contributed by atoms with Crippen molar-refractivity contribution in [3.63, 3.8) is 0 Å². The number of nitrogens with one attached hydrogen (secondary N) is 1. The van der Waals surface area contributed by atoms with Crippen LogP contribution in [0.1, 0.15) is 12.5 Å². The van der Waals surface area contributed by atoms with E-state index in [0.717, 1.165) is 5.56 Å². The van der Waals surface area contributed by atoms with Gasteiger partial charge in [0.05, 0.1) is 15.1 Å². The lowest BCUT2D eigenvalue weighted by Crippen LogP contribution is -2.41. The van der Waals surface area contributed by atoms with Gasteiger partial charge >= 0.3 is 12.1 Å². The second kappa shape index (κ2) is 8.94. The number of ether oxygens (including phenoxy) is 2. The molecule has 25 heavy (non-hydrogen) atoms. The maximum Gasteiger partial charge on any atom is 0.408 e. The molecule has 2 aromatic carbocycles. The van der Waals surface area contributed by atoms with Gasteiger partial charge in [0.2, 0.25) is 0 Å². The van der Waals surface area contributed by atoms with Crippen LogP contribution in [0.15, 0.2) is 42.5 Å². The van der Waals surface area contributed by atoms with Crippen molar-refractivity contribution < 1.29 is 19.1 Å². The fraction of sp³-hybridized carbons (Fsp3) is 0.176. The summed E-state index contributed by atoms with van der Waals surface area (Å²) in [6, 6.07) is 10.9. The molecule has 2 rings (SSSR count). The summed E-state index contributed by atoms with van der Waals surface area (Å²) in [7, 11) is 0. The van der Waals surface area contributed by atoms with Crippen LogP contribution < -0.4 is 10.1 Å². The summed E-state index contributed by atoms with van der Waals surface area (Å²) in [4.78, 5) is 23.8. The van der Waals surface area contributed by atoms with Crippen molar-refractivity contribution in [2.75, 3.05) is 0 Å². The molecule has 2 aromatic rings. The molecule has 0 aliphatic heterocycles. The van der Waals surface area contributed by atoms with E-state index in [1.807, 2.05) is 30.3 Å². The number of halogens is 3. The van der Waals surface area contributed by atoms with E-state index in [1.165, 1.54) is 19.1 Å². The van der Waals surface area contributed by atoms with Crippen molar-refractivity contribution in [1.29, 1.82) is 0 Å². The highest BCUT2D eigenvalue weighted by atomic mass is 35.5. The van der Waals surface area contributed by atoms with Gasteiger partial charge in [0, 0.05) is 6.07 Å². The summed E-state index contributed by atoms with van der Waals surface area (Å²) in [6.45, 7) is 1.55. The number of carbonyl (C=O) groups excluding carboxylic acids is 2. The Labute approximate surface area is 159 Å². The van der Waals surface area contributed by atoms with E-state index in [0.29, 0.717) is 0 Å². The Kier molecular flexibility index (Phi) is 6.93. The van der Waals surface area contributed by atoms with Gasteiger partial charge in [-0.1, -0.05) is 65.1 Å². The quantitative estimate of drug-likeness (QED) is 0.440. The molecule has 0 radical (unpaired) electrons. The summed E-state index contributed by atoms with van der Waals surface area (Å²) >= 11 is 17.6. The summed E-state index contributed by atoms with van der Waals surface area (Å²) in [5, 5.41) is 2.93. The number of benzene rings is 2. The van der Waals surface area contributed by atoms with E-state index in [4.69, 9.17) is 44.3 Å². The van der Waals surface area contributed by atoms with Crippen LogP contribution in [0.25, 0.3) is 0 Å². The molecule has 1 atom stereocenters. The van der Waals surface area contributed by atoms with Gasteiger partial charge in [0.25, 0.3) is 0 Å². The first-order chi connectivity index (χ1) is 11.9. The smallest absolute Gasteiger partial charge is 0.408 e. The zero-order chi connectivity index (χ0) is 18.4. The molecule has 0 saturated carbocycles. The molecule has 1 amide bonds. The second-order valence-electron chi connectivity index (χ2n) is 5.05. The highest BCUT2D eigenvalue weighted by Gasteiger charge is 2.20. The molecular formula is C17H14Cl3NO4. The maximum atomic E-state index is 12.0. The molecule has 0 spiro atoms. The molecular weight excluding hydrogens is 389 g/mol. The molecule has 0 heterocycles. The van der Waals surface area contributed by atoms with Crippen LogP contribution in [0.2, 0.25) is 15.1 Å². The fourth-order valence-electron chi connectivity index (χ4n) is 1.78. The van der Waals surface area contributed by atoms with Gasteiger partial charge in [-0.2, -0.15) is 0 Å². The zero-order valence-electron chi connectivity index (χ0n) is 13.1. The van der Waals surface area contributed by atoms with Crippen LogP contribution in [-0.4, -0.2) is 18.1 Å². The van der Waals surface area contributed by atoms with Gasteiger partial charge in [0.15, 0.2) is 5.75 Å². The summed E-state index contributed by atoms with van der Waals surface area (Å²) < 4.78 is 10.2. The van der Waals surface area contributed by atoms with Crippen molar-refractivity contribution in [3.05, 3.63) is 63.1 Å². The van der Waals surface area contributed by atoms with E-state index >= 15 is 0 Å². The number of esters is 1. The van der Waals surface area contributed by atoms with Crippen LogP contribution in [0.3, 0.4) is 0 Å². The van der Waals surface area contributed by atoms with Gasteiger partial charge in [-0.15, -0.1) is 0 Å². The lowest BCUT2D eigenvalue weighted by atomic mass is 10.2. The minimum atomic E-state index is -0.950. The van der Waals surface area contributed by atoms with E-state index < -0.39 is 18.1 Å². The molecule has 1 N–H and O–H groups in total. The van der Waals surface area contributed by atoms with Crippen LogP contribution in [0, 0.1) is 0 Å². The van der Waals surface area contributed by atoms with Crippen molar-refractivity contribution >= 4 is 46.9 Å². The number of hydrogen-bond acceptors (Lipinski definition) is 4. The van der Waals surface area contributed by atoms with Gasteiger partial charge < -0.3 is 14.8 Å². The third kappa shape index (κ3) is 5.81. The Morgan fingerprint density at radius 2 is 1.68 bits per heavy atom. The average Bonchev–Trinajstić information content (AvgIpc) is 2.58. The third-order valence-corrected chi connectivity index (χ3v) is 4.10. The van der Waals surface area contributed by atoms with Crippen molar-refractivity contribution in [2.45, 2.75) is 19.6 Å². The Balaban J connectivity index is 1.87. The molecule has 0 aromatic heterocycles. The zero-order valence-corrected chi connectivity index (χ0v) is 15.4. The lowest BCUT2D eigenvalue weighted by Gasteiger charge is -2.14. The van der Waals surface area contributed by atoms with Crippen LogP contribution in [0.5, 0.6) is 5.75 Å². The Hall–Kier alpha value is -1.95. The normalized spacial score (nSPS) is 11.5. The number of amides is 1. The maximum absolute atomic E-state index is 12.0. The molecule has 0 bridgehead atoms. The number of alkyl carbamates (subject to hydrolysis) is 1. The Morgan fingerprint density at radius 3 is 2.36 bits per heavy atom. The molecule has 0 unspecified atom stereocenters. The van der Waals surface area contributed by atoms with Crippen molar-refractivity contribution in [2.24, 2.45) is 0 Å². The van der Waals surface area contributed by atoms with Crippen LogP contribution in [0.4, 0.5) is 4.79 Å². The first kappa shape index (κ1) is 19.4. The largest absolute Gasteiger partial charge is 0.445 e. The molecule has 0 aliphatic carbocycles. The first-order valence-electron chi connectivity index (χ1n) is 7.20. The topological polar surface area (TPSA) is 64.6 Å². The predicted octanol–water partition coefficient (Wildman–Crippen LogP) is 4.87. The number of hydrogen-bond donors (Lipinski definition) is 1. The molecule has 8 heteroatoms. The SMILES string of the molecule is C[C@H](NC(=O)OCc1ccccc1)C(=O)Oc1cc(Cl)c(Cl)cc1Cl. The lowest BCUT2D eigenvalue weighted by molar-refractivity contribution is -0.136. The van der Waals surface area contributed by atoms with Gasteiger partial charge in [0.1, 0.15) is 12.6 Å². The standard InChI is InChI=1S/C17H14Cl3NO4/c1-10(21-17(23)24-9-11-5-3-2-4-6-11)16(22)25-15-8-13(19)12(18)7-14(15)20/h2-8,10H,9H2,1H3,(H,21,23)/t10-/m0/s1. The van der Waals surface area contributed by atoms with Crippen LogP contribution in [-0.2, 0) is 16.1 Å².